The minimum absolute atomic E-state index is 0.310. The van der Waals surface area contributed by atoms with Crippen LogP contribution in [0, 0.1) is 13.8 Å². The summed E-state index contributed by atoms with van der Waals surface area (Å²) in [7, 11) is 0. The van der Waals surface area contributed by atoms with E-state index in [1.54, 1.807) is 36.4 Å². The maximum atomic E-state index is 12.6. The van der Waals surface area contributed by atoms with E-state index in [2.05, 4.69) is 26.6 Å². The highest BCUT2D eigenvalue weighted by Crippen LogP contribution is 2.26. The van der Waals surface area contributed by atoms with Crippen LogP contribution in [0.5, 0.6) is 5.75 Å². The van der Waals surface area contributed by atoms with Crippen LogP contribution in [0.15, 0.2) is 46.9 Å². The van der Waals surface area contributed by atoms with Crippen LogP contribution < -0.4 is 21.1 Å². The molecule has 2 aromatic rings. The second-order valence-electron chi connectivity index (χ2n) is 5.98. The van der Waals surface area contributed by atoms with Crippen molar-refractivity contribution in [2.75, 3.05) is 5.32 Å². The van der Waals surface area contributed by atoms with E-state index in [1.807, 2.05) is 19.9 Å². The molecule has 0 saturated heterocycles. The van der Waals surface area contributed by atoms with E-state index in [9.17, 15) is 14.4 Å². The molecule has 0 aliphatic carbocycles. The van der Waals surface area contributed by atoms with Crippen LogP contribution in [-0.2, 0) is 9.59 Å². The first kappa shape index (κ1) is 20.4. The highest BCUT2D eigenvalue weighted by Gasteiger charge is 2.24. The Kier molecular flexibility index (Phi) is 6.95. The van der Waals surface area contributed by atoms with Crippen LogP contribution in [0.4, 0.5) is 10.5 Å². The van der Waals surface area contributed by atoms with Crippen molar-refractivity contribution in [3.05, 3.63) is 58.1 Å². The predicted octanol–water partition coefficient (Wildman–Crippen LogP) is 3.04. The monoisotopic (exact) mass is 433 g/mol. The van der Waals surface area contributed by atoms with E-state index in [4.69, 9.17) is 10.5 Å². The summed E-state index contributed by atoms with van der Waals surface area (Å²) in [6.07, 6.45) is -1.22. The van der Waals surface area contributed by atoms with Gasteiger partial charge < -0.3 is 21.1 Å². The van der Waals surface area contributed by atoms with Gasteiger partial charge in [-0.15, -0.1) is 0 Å². The molecule has 8 heteroatoms. The number of aryl methyl sites for hydroxylation is 2. The minimum atomic E-state index is -1.17. The minimum Gasteiger partial charge on any atom is -0.410 e. The lowest BCUT2D eigenvalue weighted by Gasteiger charge is -2.18. The molecule has 0 radical (unpaired) electrons. The number of amides is 3. The maximum absolute atomic E-state index is 12.6. The Labute approximate surface area is 165 Å². The normalized spacial score (nSPS) is 11.4. The second-order valence-corrected chi connectivity index (χ2v) is 6.83. The Bertz CT molecular complexity index is 856. The van der Waals surface area contributed by atoms with Crippen molar-refractivity contribution in [2.45, 2.75) is 26.3 Å². The van der Waals surface area contributed by atoms with E-state index < -0.39 is 23.9 Å². The van der Waals surface area contributed by atoms with Crippen molar-refractivity contribution in [1.82, 2.24) is 5.32 Å². The fourth-order valence-electron chi connectivity index (χ4n) is 2.27. The molecule has 0 fully saturated rings. The van der Waals surface area contributed by atoms with Gasteiger partial charge >= 0.3 is 6.09 Å². The van der Waals surface area contributed by atoms with Crippen molar-refractivity contribution in [3.8, 4) is 5.75 Å². The van der Waals surface area contributed by atoms with E-state index in [0.717, 1.165) is 11.1 Å². The van der Waals surface area contributed by atoms with Crippen molar-refractivity contribution in [1.29, 1.82) is 0 Å². The summed E-state index contributed by atoms with van der Waals surface area (Å²) in [5.74, 6) is -0.998. The summed E-state index contributed by atoms with van der Waals surface area (Å²) in [5.41, 5.74) is 7.77. The Morgan fingerprint density at radius 2 is 1.74 bits per heavy atom. The van der Waals surface area contributed by atoms with Crippen LogP contribution in [0.25, 0.3) is 0 Å². The van der Waals surface area contributed by atoms with Crippen molar-refractivity contribution in [3.63, 3.8) is 0 Å². The number of primary amides is 1. The molecule has 2 aromatic carbocycles. The molecule has 0 heterocycles. The third kappa shape index (κ3) is 6.10. The number of anilines is 1. The zero-order valence-electron chi connectivity index (χ0n) is 14.9. The topological polar surface area (TPSA) is 111 Å². The summed E-state index contributed by atoms with van der Waals surface area (Å²) in [5, 5.41) is 5.06. The third-order valence-electron chi connectivity index (χ3n) is 3.81. The molecule has 4 N–H and O–H groups in total. The van der Waals surface area contributed by atoms with E-state index in [1.165, 1.54) is 0 Å². The number of carbonyl (C=O) groups excluding carboxylic acids is 3. The summed E-state index contributed by atoms with van der Waals surface area (Å²) in [6, 6.07) is 10.8. The molecule has 7 nitrogen and oxygen atoms in total. The molecule has 0 bridgehead atoms. The van der Waals surface area contributed by atoms with Crippen LogP contribution in [0.2, 0.25) is 0 Å². The van der Waals surface area contributed by atoms with Crippen LogP contribution in [0.1, 0.15) is 17.5 Å². The second kappa shape index (κ2) is 9.18. The summed E-state index contributed by atoms with van der Waals surface area (Å²) < 4.78 is 5.78. The van der Waals surface area contributed by atoms with E-state index >= 15 is 0 Å². The highest BCUT2D eigenvalue weighted by molar-refractivity contribution is 9.10. The zero-order valence-corrected chi connectivity index (χ0v) is 16.5. The molecule has 2 rings (SSSR count). The lowest BCUT2D eigenvalue weighted by molar-refractivity contribution is -0.123. The molecule has 0 spiro atoms. The largest absolute Gasteiger partial charge is 0.413 e. The predicted molar refractivity (Wildman–Crippen MR) is 105 cm³/mol. The fraction of sp³-hybridized carbons (Fsp3) is 0.211. The van der Waals surface area contributed by atoms with Gasteiger partial charge in [-0.2, -0.15) is 0 Å². The van der Waals surface area contributed by atoms with Gasteiger partial charge in [-0.3, -0.25) is 9.59 Å². The average molecular weight is 434 g/mol. The molecule has 142 valence electrons. The van der Waals surface area contributed by atoms with E-state index in [0.29, 0.717) is 15.9 Å². The molecule has 0 unspecified atom stereocenters. The molecule has 1 atom stereocenters. The van der Waals surface area contributed by atoms with Crippen LogP contribution in [-0.4, -0.2) is 23.9 Å². The number of hydrogen-bond donors (Lipinski definition) is 3. The number of nitrogens with two attached hydrogens (primary N) is 1. The van der Waals surface area contributed by atoms with Gasteiger partial charge in [-0.1, -0.05) is 18.2 Å². The van der Waals surface area contributed by atoms with Crippen LogP contribution >= 0.6 is 15.9 Å². The first-order valence-electron chi connectivity index (χ1n) is 8.15. The molecular weight excluding hydrogens is 414 g/mol. The molecule has 27 heavy (non-hydrogen) atoms. The number of nitrogens with one attached hydrogen (secondary N) is 2. The number of halogens is 1. The number of hydrogen-bond acceptors (Lipinski definition) is 4. The average Bonchev–Trinajstić information content (AvgIpc) is 2.59. The van der Waals surface area contributed by atoms with Crippen molar-refractivity contribution < 1.29 is 19.1 Å². The summed E-state index contributed by atoms with van der Waals surface area (Å²) in [4.78, 5) is 35.9. The molecule has 3 amide bonds. The Morgan fingerprint density at radius 3 is 2.37 bits per heavy atom. The highest BCUT2D eigenvalue weighted by atomic mass is 79.9. The molecule has 0 saturated carbocycles. The SMILES string of the molecule is Cc1cc(Br)c(NC(=O)[C@H](CC(N)=O)NC(=O)Oc2ccccc2)cc1C. The van der Waals surface area contributed by atoms with Gasteiger partial charge in [0.2, 0.25) is 11.8 Å². The Morgan fingerprint density at radius 1 is 1.11 bits per heavy atom. The van der Waals surface area contributed by atoms with Crippen molar-refractivity contribution >= 4 is 39.5 Å². The van der Waals surface area contributed by atoms with Gasteiger partial charge in [0, 0.05) is 4.47 Å². The third-order valence-corrected chi connectivity index (χ3v) is 4.46. The quantitative estimate of drug-likeness (QED) is 0.649. The molecule has 0 aliphatic heterocycles. The van der Waals surface area contributed by atoms with Crippen LogP contribution in [0.3, 0.4) is 0 Å². The summed E-state index contributed by atoms with van der Waals surface area (Å²) >= 11 is 3.39. The van der Waals surface area contributed by atoms with Gasteiger partial charge in [0.15, 0.2) is 0 Å². The van der Waals surface area contributed by atoms with Gasteiger partial charge in [-0.25, -0.2) is 4.79 Å². The lowest BCUT2D eigenvalue weighted by atomic mass is 10.1. The Hall–Kier alpha value is -2.87. The van der Waals surface area contributed by atoms with Gasteiger partial charge in [0.25, 0.3) is 0 Å². The van der Waals surface area contributed by atoms with Gasteiger partial charge in [0.05, 0.1) is 12.1 Å². The first-order valence-corrected chi connectivity index (χ1v) is 8.95. The number of carbonyl (C=O) groups is 3. The lowest BCUT2D eigenvalue weighted by Crippen LogP contribution is -2.47. The molecule has 0 aromatic heterocycles. The van der Waals surface area contributed by atoms with Gasteiger partial charge in [0.1, 0.15) is 11.8 Å². The van der Waals surface area contributed by atoms with E-state index in [-0.39, 0.29) is 6.42 Å². The molecule has 0 aliphatic rings. The zero-order chi connectivity index (χ0) is 20.0. The Balaban J connectivity index is 2.10. The molecular formula is C19H20BrN3O4. The number of para-hydroxylation sites is 1. The fourth-order valence-corrected chi connectivity index (χ4v) is 2.83. The smallest absolute Gasteiger partial charge is 0.410 e. The summed E-state index contributed by atoms with van der Waals surface area (Å²) in [6.45, 7) is 3.86. The standard InChI is InChI=1S/C19H20BrN3O4/c1-11-8-14(20)15(9-12(11)2)22-18(25)16(10-17(21)24)23-19(26)27-13-6-4-3-5-7-13/h3-9,16H,10H2,1-2H3,(H2,21,24)(H,22,25)(H,23,26)/t16-/m0/s1. The van der Waals surface area contributed by atoms with Crippen molar-refractivity contribution in [2.24, 2.45) is 5.73 Å². The number of ether oxygens (including phenoxy) is 1. The first-order chi connectivity index (χ1) is 12.8. The number of rotatable bonds is 6. The number of benzene rings is 2. The van der Waals surface area contributed by atoms with Gasteiger partial charge in [-0.05, 0) is 65.2 Å². The maximum Gasteiger partial charge on any atom is 0.413 e.